The Labute approximate surface area is 128 Å². The highest BCUT2D eigenvalue weighted by Gasteiger charge is 2.20. The summed E-state index contributed by atoms with van der Waals surface area (Å²) in [5.41, 5.74) is 2.10. The summed E-state index contributed by atoms with van der Waals surface area (Å²) in [5.74, 6) is -2.11. The molecule has 0 bridgehead atoms. The number of anilines is 1. The third kappa shape index (κ3) is 3.58. The molecule has 0 aromatic heterocycles. The van der Waals surface area contributed by atoms with Gasteiger partial charge in [-0.25, -0.2) is 9.79 Å². The van der Waals surface area contributed by atoms with Gasteiger partial charge in [-0.3, -0.25) is 4.79 Å². The number of carbonyl (C=O) groups excluding carboxylic acids is 1. The molecule has 5 nitrogen and oxygen atoms in total. The fourth-order valence-corrected chi connectivity index (χ4v) is 2.00. The highest BCUT2D eigenvalue weighted by molar-refractivity contribution is 6.65. The number of carboxylic acid groups (broad SMARTS) is 1. The molecule has 0 aliphatic carbocycles. The molecule has 5 heteroatoms. The first-order valence-corrected chi connectivity index (χ1v) is 6.73. The number of nitrogens with one attached hydrogen (secondary N) is 1. The number of nitrogens with zero attached hydrogens (tertiary/aromatic N) is 1. The third-order valence-corrected chi connectivity index (χ3v) is 3.11. The Balaban J connectivity index is 2.36. The highest BCUT2D eigenvalue weighted by Crippen LogP contribution is 2.23. The van der Waals surface area contributed by atoms with Crippen LogP contribution in [-0.4, -0.2) is 22.7 Å². The predicted molar refractivity (Wildman–Crippen MR) is 85.7 cm³/mol. The number of aryl methyl sites for hydroxylation is 2. The van der Waals surface area contributed by atoms with E-state index >= 15 is 0 Å². The van der Waals surface area contributed by atoms with Crippen LogP contribution in [0.15, 0.2) is 53.5 Å². The molecule has 0 atom stereocenters. The van der Waals surface area contributed by atoms with E-state index in [0.29, 0.717) is 11.4 Å². The van der Waals surface area contributed by atoms with Crippen LogP contribution in [0.1, 0.15) is 11.1 Å². The van der Waals surface area contributed by atoms with Crippen LogP contribution in [0.5, 0.6) is 0 Å². The molecular weight excluding hydrogens is 280 g/mol. The van der Waals surface area contributed by atoms with E-state index in [-0.39, 0.29) is 0 Å². The van der Waals surface area contributed by atoms with Gasteiger partial charge in [-0.05, 0) is 37.1 Å². The first-order valence-electron chi connectivity index (χ1n) is 6.73. The van der Waals surface area contributed by atoms with E-state index < -0.39 is 17.6 Å². The SMILES string of the molecule is Cc1cccc(C)c1N=C(C(=O)O)C(=O)Nc1ccccc1. The smallest absolute Gasteiger partial charge is 0.360 e. The molecule has 0 spiro atoms. The van der Waals surface area contributed by atoms with Crippen molar-refractivity contribution in [3.05, 3.63) is 59.7 Å². The molecular formula is C17H16N2O3. The molecule has 0 fully saturated rings. The Hall–Kier alpha value is -2.95. The first-order chi connectivity index (χ1) is 10.5. The van der Waals surface area contributed by atoms with Gasteiger partial charge < -0.3 is 10.4 Å². The number of aliphatic carboxylic acids is 1. The van der Waals surface area contributed by atoms with Gasteiger partial charge in [0, 0.05) is 5.69 Å². The normalized spacial score (nSPS) is 11.1. The van der Waals surface area contributed by atoms with Crippen molar-refractivity contribution in [2.45, 2.75) is 13.8 Å². The van der Waals surface area contributed by atoms with E-state index in [2.05, 4.69) is 10.3 Å². The number of hydrogen-bond acceptors (Lipinski definition) is 3. The lowest BCUT2D eigenvalue weighted by Gasteiger charge is -2.08. The summed E-state index contributed by atoms with van der Waals surface area (Å²) in [6.45, 7) is 3.64. The lowest BCUT2D eigenvalue weighted by atomic mass is 10.1. The molecule has 0 unspecified atom stereocenters. The molecule has 0 aliphatic heterocycles. The van der Waals surface area contributed by atoms with Crippen LogP contribution in [0.3, 0.4) is 0 Å². The molecule has 112 valence electrons. The van der Waals surface area contributed by atoms with Gasteiger partial charge in [0.15, 0.2) is 0 Å². The maximum atomic E-state index is 12.2. The number of hydrogen-bond donors (Lipinski definition) is 2. The second-order valence-electron chi connectivity index (χ2n) is 4.83. The number of aliphatic imine (C=N–C) groups is 1. The van der Waals surface area contributed by atoms with Crippen molar-refractivity contribution in [3.8, 4) is 0 Å². The summed E-state index contributed by atoms with van der Waals surface area (Å²) in [6, 6.07) is 14.2. The number of amides is 1. The van der Waals surface area contributed by atoms with Crippen molar-refractivity contribution in [1.82, 2.24) is 0 Å². The summed E-state index contributed by atoms with van der Waals surface area (Å²) in [7, 11) is 0. The highest BCUT2D eigenvalue weighted by atomic mass is 16.4. The van der Waals surface area contributed by atoms with Gasteiger partial charge in [-0.15, -0.1) is 0 Å². The lowest BCUT2D eigenvalue weighted by molar-refractivity contribution is -0.130. The number of rotatable bonds is 4. The van der Waals surface area contributed by atoms with Gasteiger partial charge in [-0.2, -0.15) is 0 Å². The zero-order chi connectivity index (χ0) is 16.1. The van der Waals surface area contributed by atoms with Crippen LogP contribution in [0.2, 0.25) is 0 Å². The summed E-state index contributed by atoms with van der Waals surface area (Å²) < 4.78 is 0. The topological polar surface area (TPSA) is 78.8 Å². The molecule has 22 heavy (non-hydrogen) atoms. The van der Waals surface area contributed by atoms with Crippen molar-refractivity contribution in [1.29, 1.82) is 0 Å². The quantitative estimate of drug-likeness (QED) is 0.672. The molecule has 0 saturated heterocycles. The Bertz CT molecular complexity index is 717. The fraction of sp³-hybridized carbons (Fsp3) is 0.118. The molecule has 0 saturated carbocycles. The van der Waals surface area contributed by atoms with E-state index in [1.807, 2.05) is 32.0 Å². The average molecular weight is 296 g/mol. The van der Waals surface area contributed by atoms with Crippen LogP contribution in [0.25, 0.3) is 0 Å². The lowest BCUT2D eigenvalue weighted by Crippen LogP contribution is -2.29. The van der Waals surface area contributed by atoms with Gasteiger partial charge >= 0.3 is 5.97 Å². The number of para-hydroxylation sites is 2. The van der Waals surface area contributed by atoms with Crippen molar-refractivity contribution >= 4 is 29.0 Å². The standard InChI is InChI=1S/C17H16N2O3/c1-11-7-6-8-12(2)14(11)19-15(17(21)22)16(20)18-13-9-4-3-5-10-13/h3-10H,1-2H3,(H,18,20)(H,21,22). The largest absolute Gasteiger partial charge is 0.476 e. The fourth-order valence-electron chi connectivity index (χ4n) is 2.00. The predicted octanol–water partition coefficient (Wildman–Crippen LogP) is 3.10. The zero-order valence-electron chi connectivity index (χ0n) is 12.3. The van der Waals surface area contributed by atoms with E-state index in [4.69, 9.17) is 0 Å². The van der Waals surface area contributed by atoms with Crippen molar-refractivity contribution in [2.75, 3.05) is 5.32 Å². The summed E-state index contributed by atoms with van der Waals surface area (Å²) in [5, 5.41) is 11.8. The van der Waals surface area contributed by atoms with E-state index in [0.717, 1.165) is 11.1 Å². The summed E-state index contributed by atoms with van der Waals surface area (Å²) in [4.78, 5) is 27.6. The van der Waals surface area contributed by atoms with Crippen LogP contribution >= 0.6 is 0 Å². The van der Waals surface area contributed by atoms with Crippen LogP contribution in [0.4, 0.5) is 11.4 Å². The second-order valence-corrected chi connectivity index (χ2v) is 4.83. The molecule has 2 rings (SSSR count). The minimum Gasteiger partial charge on any atom is -0.476 e. The number of carbonyl (C=O) groups is 2. The van der Waals surface area contributed by atoms with Gasteiger partial charge in [-0.1, -0.05) is 36.4 Å². The minimum absolute atomic E-state index is 0.503. The Morgan fingerprint density at radius 3 is 2.09 bits per heavy atom. The monoisotopic (exact) mass is 296 g/mol. The zero-order valence-corrected chi connectivity index (χ0v) is 12.3. The second kappa shape index (κ2) is 6.67. The molecule has 2 N–H and O–H groups in total. The van der Waals surface area contributed by atoms with Crippen molar-refractivity contribution < 1.29 is 14.7 Å². The Morgan fingerprint density at radius 1 is 0.955 bits per heavy atom. The molecule has 1 amide bonds. The molecule has 2 aromatic carbocycles. The van der Waals surface area contributed by atoms with E-state index in [9.17, 15) is 14.7 Å². The summed E-state index contributed by atoms with van der Waals surface area (Å²) in [6.07, 6.45) is 0. The molecule has 0 aliphatic rings. The molecule has 0 radical (unpaired) electrons. The van der Waals surface area contributed by atoms with Crippen LogP contribution in [-0.2, 0) is 9.59 Å². The van der Waals surface area contributed by atoms with Crippen LogP contribution in [0, 0.1) is 13.8 Å². The van der Waals surface area contributed by atoms with E-state index in [1.54, 1.807) is 30.3 Å². The maximum Gasteiger partial charge on any atom is 0.360 e. The maximum absolute atomic E-state index is 12.2. The van der Waals surface area contributed by atoms with Crippen LogP contribution < -0.4 is 5.32 Å². The number of benzene rings is 2. The van der Waals surface area contributed by atoms with Crippen molar-refractivity contribution in [2.24, 2.45) is 4.99 Å². The van der Waals surface area contributed by atoms with Gasteiger partial charge in [0.05, 0.1) is 5.69 Å². The van der Waals surface area contributed by atoms with Gasteiger partial charge in [0.2, 0.25) is 5.71 Å². The minimum atomic E-state index is -1.36. The van der Waals surface area contributed by atoms with Gasteiger partial charge in [0.25, 0.3) is 5.91 Å². The Kier molecular flexibility index (Phi) is 4.68. The molecule has 0 heterocycles. The third-order valence-electron chi connectivity index (χ3n) is 3.11. The number of carboxylic acids is 1. The summed E-state index contributed by atoms with van der Waals surface area (Å²) >= 11 is 0. The molecule has 2 aromatic rings. The average Bonchev–Trinajstić information content (AvgIpc) is 2.47. The Morgan fingerprint density at radius 2 is 1.55 bits per heavy atom. The van der Waals surface area contributed by atoms with Crippen molar-refractivity contribution in [3.63, 3.8) is 0 Å². The first kappa shape index (κ1) is 15.4. The van der Waals surface area contributed by atoms with Gasteiger partial charge in [0.1, 0.15) is 0 Å². The van der Waals surface area contributed by atoms with E-state index in [1.165, 1.54) is 0 Å².